The number of rotatable bonds is 2. The van der Waals surface area contributed by atoms with E-state index in [0.29, 0.717) is 0 Å². The van der Waals surface area contributed by atoms with E-state index < -0.39 is 0 Å². The molecule has 0 radical (unpaired) electrons. The van der Waals surface area contributed by atoms with Crippen LogP contribution in [0.3, 0.4) is 0 Å². The summed E-state index contributed by atoms with van der Waals surface area (Å²) in [6, 6.07) is 33.3. The van der Waals surface area contributed by atoms with E-state index in [-0.39, 0.29) is 12.3 Å². The molecule has 0 spiro atoms. The molecule has 0 bridgehead atoms. The van der Waals surface area contributed by atoms with E-state index >= 15 is 0 Å². The van der Waals surface area contributed by atoms with E-state index in [1.165, 1.54) is 61.2 Å². The van der Waals surface area contributed by atoms with Crippen molar-refractivity contribution in [1.82, 2.24) is 0 Å². The molecule has 2 aliphatic heterocycles. The highest BCUT2D eigenvalue weighted by Crippen LogP contribution is 2.52. The zero-order valence-electron chi connectivity index (χ0n) is 22.1. The Labute approximate surface area is 218 Å². The highest BCUT2D eigenvalue weighted by molar-refractivity contribution is 6.17. The summed E-state index contributed by atoms with van der Waals surface area (Å²) < 4.78 is 0. The first kappa shape index (κ1) is 22.1. The minimum atomic E-state index is 0.194. The van der Waals surface area contributed by atoms with Gasteiger partial charge in [0, 0.05) is 25.2 Å². The second-order valence-corrected chi connectivity index (χ2v) is 10.5. The third kappa shape index (κ3) is 2.96. The van der Waals surface area contributed by atoms with E-state index in [0.717, 1.165) is 0 Å². The number of fused-ring (bicyclic) bond motifs is 5. The lowest BCUT2D eigenvalue weighted by molar-refractivity contribution is 0.727. The predicted molar refractivity (Wildman–Crippen MR) is 159 cm³/mol. The zero-order valence-corrected chi connectivity index (χ0v) is 22.1. The molecule has 5 aromatic rings. The maximum absolute atomic E-state index is 2.55. The van der Waals surface area contributed by atoms with Gasteiger partial charge in [-0.3, -0.25) is 0 Å². The fourth-order valence-corrected chi connectivity index (χ4v) is 6.51. The molecule has 0 fully saturated rings. The summed E-state index contributed by atoms with van der Waals surface area (Å²) >= 11 is 0. The maximum atomic E-state index is 2.55. The van der Waals surface area contributed by atoms with Crippen LogP contribution in [0.25, 0.3) is 21.5 Å². The third-order valence-electron chi connectivity index (χ3n) is 8.64. The fourth-order valence-electron chi connectivity index (χ4n) is 6.51. The van der Waals surface area contributed by atoms with Crippen LogP contribution in [-0.4, -0.2) is 26.4 Å². The standard InChI is InChI=1S/C33H32N4/c1-21-31(36-22(2)34(4)27-14-8-10-16-29(27)36)20-25-19-18-24-12-6-7-13-26(24)32(25)33(21)37-23(3)35(5)28-15-9-11-17-30(28)37/h6-20,22-23H,1-5H3/t22-,23+/m1/s1. The van der Waals surface area contributed by atoms with Gasteiger partial charge in [0.15, 0.2) is 0 Å². The zero-order chi connectivity index (χ0) is 25.4. The number of hydrogen-bond donors (Lipinski definition) is 0. The largest absolute Gasteiger partial charge is 0.353 e. The molecule has 0 aromatic heterocycles. The second-order valence-electron chi connectivity index (χ2n) is 10.5. The van der Waals surface area contributed by atoms with Crippen molar-refractivity contribution in [2.24, 2.45) is 0 Å². The van der Waals surface area contributed by atoms with Crippen molar-refractivity contribution in [1.29, 1.82) is 0 Å². The number of nitrogens with zero attached hydrogens (tertiary/aromatic N) is 4. The van der Waals surface area contributed by atoms with Gasteiger partial charge < -0.3 is 19.6 Å². The van der Waals surface area contributed by atoms with E-state index in [4.69, 9.17) is 0 Å². The Morgan fingerprint density at radius 1 is 0.541 bits per heavy atom. The van der Waals surface area contributed by atoms with Crippen LogP contribution in [0, 0.1) is 6.92 Å². The Kier molecular flexibility index (Phi) is 4.71. The molecule has 2 atom stereocenters. The van der Waals surface area contributed by atoms with Gasteiger partial charge in [0.2, 0.25) is 0 Å². The molecule has 0 unspecified atom stereocenters. The monoisotopic (exact) mass is 484 g/mol. The van der Waals surface area contributed by atoms with Crippen LogP contribution in [0.1, 0.15) is 19.4 Å². The molecule has 0 N–H and O–H groups in total. The van der Waals surface area contributed by atoms with Crippen molar-refractivity contribution in [3.63, 3.8) is 0 Å². The molecule has 0 saturated heterocycles. The van der Waals surface area contributed by atoms with Gasteiger partial charge in [0.25, 0.3) is 0 Å². The van der Waals surface area contributed by atoms with Gasteiger partial charge in [-0.15, -0.1) is 0 Å². The van der Waals surface area contributed by atoms with Crippen LogP contribution in [0.5, 0.6) is 0 Å². The first-order valence-corrected chi connectivity index (χ1v) is 13.1. The lowest BCUT2D eigenvalue weighted by Gasteiger charge is -2.34. The number of para-hydroxylation sites is 4. The van der Waals surface area contributed by atoms with Gasteiger partial charge in [0.1, 0.15) is 12.3 Å². The summed E-state index contributed by atoms with van der Waals surface area (Å²) in [6.45, 7) is 6.92. The average Bonchev–Trinajstić information content (AvgIpc) is 3.33. The number of benzene rings is 5. The topological polar surface area (TPSA) is 13.0 Å². The number of hydrogen-bond acceptors (Lipinski definition) is 4. The van der Waals surface area contributed by atoms with Gasteiger partial charge in [-0.2, -0.15) is 0 Å². The van der Waals surface area contributed by atoms with Crippen molar-refractivity contribution < 1.29 is 0 Å². The fraction of sp³-hybridized carbons (Fsp3) is 0.212. The lowest BCUT2D eigenvalue weighted by atomic mass is 9.95. The minimum Gasteiger partial charge on any atom is -0.353 e. The maximum Gasteiger partial charge on any atom is 0.103 e. The van der Waals surface area contributed by atoms with Gasteiger partial charge >= 0.3 is 0 Å². The Bertz CT molecular complexity index is 1690. The SMILES string of the molecule is Cc1c(N2c3ccccc3N(C)[C@H]2C)cc2ccc3ccccc3c2c1N1c2ccccc2N(C)[C@@H]1C. The van der Waals surface area contributed by atoms with E-state index in [2.05, 4.69) is 145 Å². The summed E-state index contributed by atoms with van der Waals surface area (Å²) in [7, 11) is 4.40. The first-order valence-electron chi connectivity index (χ1n) is 13.1. The van der Waals surface area contributed by atoms with Crippen LogP contribution in [0.4, 0.5) is 34.1 Å². The molecule has 4 heteroatoms. The highest BCUT2D eigenvalue weighted by Gasteiger charge is 2.37. The smallest absolute Gasteiger partial charge is 0.103 e. The molecule has 2 aliphatic rings. The molecule has 184 valence electrons. The Balaban J connectivity index is 1.59. The Morgan fingerprint density at radius 2 is 1.05 bits per heavy atom. The van der Waals surface area contributed by atoms with Gasteiger partial charge in [-0.1, -0.05) is 60.7 Å². The molecule has 0 saturated carbocycles. The molecule has 4 nitrogen and oxygen atoms in total. The summed E-state index contributed by atoms with van der Waals surface area (Å²) in [6.07, 6.45) is 0.410. The Hall–Kier alpha value is -4.18. The predicted octanol–water partition coefficient (Wildman–Crippen LogP) is 8.17. The van der Waals surface area contributed by atoms with Gasteiger partial charge in [-0.05, 0) is 72.8 Å². The van der Waals surface area contributed by atoms with Crippen LogP contribution in [-0.2, 0) is 0 Å². The molecule has 5 aromatic carbocycles. The first-order chi connectivity index (χ1) is 18.0. The summed E-state index contributed by atoms with van der Waals surface area (Å²) in [4.78, 5) is 9.83. The quantitative estimate of drug-likeness (QED) is 0.234. The van der Waals surface area contributed by atoms with Crippen LogP contribution >= 0.6 is 0 Å². The van der Waals surface area contributed by atoms with Crippen molar-refractivity contribution in [3.05, 3.63) is 96.6 Å². The molecule has 2 heterocycles. The van der Waals surface area contributed by atoms with Crippen LogP contribution in [0.2, 0.25) is 0 Å². The van der Waals surface area contributed by atoms with Crippen LogP contribution in [0.15, 0.2) is 91.0 Å². The molecular weight excluding hydrogens is 452 g/mol. The van der Waals surface area contributed by atoms with E-state index in [1.807, 2.05) is 0 Å². The third-order valence-corrected chi connectivity index (χ3v) is 8.64. The second kappa shape index (κ2) is 7.91. The normalized spacial score (nSPS) is 18.7. The summed E-state index contributed by atoms with van der Waals surface area (Å²) in [5.74, 6) is 0. The van der Waals surface area contributed by atoms with Crippen molar-refractivity contribution in [2.45, 2.75) is 33.1 Å². The molecule has 7 rings (SSSR count). The van der Waals surface area contributed by atoms with Gasteiger partial charge in [0.05, 0.1) is 28.4 Å². The van der Waals surface area contributed by atoms with Crippen molar-refractivity contribution in [3.8, 4) is 0 Å². The summed E-state index contributed by atoms with van der Waals surface area (Å²) in [5.41, 5.74) is 8.94. The highest BCUT2D eigenvalue weighted by atomic mass is 15.4. The van der Waals surface area contributed by atoms with Crippen molar-refractivity contribution >= 4 is 55.7 Å². The summed E-state index contributed by atoms with van der Waals surface area (Å²) in [5, 5.41) is 5.17. The van der Waals surface area contributed by atoms with Crippen molar-refractivity contribution in [2.75, 3.05) is 33.7 Å². The number of anilines is 6. The molecule has 0 amide bonds. The Morgan fingerprint density at radius 3 is 1.73 bits per heavy atom. The van der Waals surface area contributed by atoms with E-state index in [1.54, 1.807) is 0 Å². The lowest BCUT2D eigenvalue weighted by Crippen LogP contribution is -2.37. The van der Waals surface area contributed by atoms with Gasteiger partial charge in [-0.25, -0.2) is 0 Å². The molecule has 37 heavy (non-hydrogen) atoms. The van der Waals surface area contributed by atoms with E-state index in [9.17, 15) is 0 Å². The molecular formula is C33H32N4. The molecule has 0 aliphatic carbocycles. The minimum absolute atomic E-state index is 0.194. The van der Waals surface area contributed by atoms with Crippen LogP contribution < -0.4 is 19.6 Å². The average molecular weight is 485 g/mol.